The Morgan fingerprint density at radius 1 is 1.35 bits per heavy atom. The molecule has 2 rings (SSSR count). The maximum atomic E-state index is 12.7. The Hall–Kier alpha value is 0.260. The van der Waals surface area contributed by atoms with E-state index < -0.39 is 41.3 Å². The number of hydrogen-bond donors (Lipinski definition) is 5. The van der Waals surface area contributed by atoms with Crippen LogP contribution in [0.1, 0.15) is 20.3 Å². The highest BCUT2D eigenvalue weighted by atomic mass is 35.5. The second-order valence-electron chi connectivity index (χ2n) is 6.66. The number of aliphatic hydroxyl groups excluding tert-OH is 3. The van der Waals surface area contributed by atoms with E-state index in [1.807, 2.05) is 11.8 Å². The average molecular weight is 429 g/mol. The summed E-state index contributed by atoms with van der Waals surface area (Å²) in [6.07, 6.45) is -2.36. The van der Waals surface area contributed by atoms with Crippen molar-refractivity contribution < 1.29 is 24.9 Å². The monoisotopic (exact) mass is 428 g/mol. The van der Waals surface area contributed by atoms with E-state index in [1.165, 1.54) is 11.8 Å². The molecule has 0 aliphatic carbocycles. The third kappa shape index (κ3) is 5.20. The van der Waals surface area contributed by atoms with Crippen LogP contribution in [0.25, 0.3) is 0 Å². The molecule has 9 atom stereocenters. The molecule has 2 saturated heterocycles. The first-order valence-electron chi connectivity index (χ1n) is 8.82. The second kappa shape index (κ2) is 10.2. The number of thioether (sulfide) groups is 2. The van der Waals surface area contributed by atoms with Gasteiger partial charge >= 0.3 is 0 Å². The van der Waals surface area contributed by atoms with Gasteiger partial charge in [-0.2, -0.15) is 11.8 Å². The fourth-order valence-corrected chi connectivity index (χ4v) is 5.25. The molecule has 0 aromatic heterocycles. The largest absolute Gasteiger partial charge is 0.388 e. The van der Waals surface area contributed by atoms with Gasteiger partial charge in [-0.05, 0) is 25.4 Å². The summed E-state index contributed by atoms with van der Waals surface area (Å²) in [5, 5.41) is 36.4. The maximum Gasteiger partial charge on any atom is 0.237 e. The van der Waals surface area contributed by atoms with E-state index in [9.17, 15) is 20.1 Å². The predicted octanol–water partition coefficient (Wildman–Crippen LogP) is -0.247. The first kappa shape index (κ1) is 22.5. The lowest BCUT2D eigenvalue weighted by Gasteiger charge is -2.44. The molecular formula is C16H29ClN2O5S2. The Morgan fingerprint density at radius 2 is 2.04 bits per heavy atom. The van der Waals surface area contributed by atoms with Crippen molar-refractivity contribution in [2.75, 3.05) is 18.6 Å². The van der Waals surface area contributed by atoms with Crippen molar-refractivity contribution in [3.63, 3.8) is 0 Å². The normalized spacial score (nSPS) is 40.2. The number of rotatable bonds is 7. The molecule has 10 heteroatoms. The number of nitrogens with one attached hydrogen (secondary N) is 2. The molecule has 2 aliphatic heterocycles. The van der Waals surface area contributed by atoms with Gasteiger partial charge in [0, 0.05) is 11.8 Å². The summed E-state index contributed by atoms with van der Waals surface area (Å²) in [6.45, 7) is 4.57. The summed E-state index contributed by atoms with van der Waals surface area (Å²) in [4.78, 5) is 12.7. The smallest absolute Gasteiger partial charge is 0.237 e. The predicted molar refractivity (Wildman–Crippen MR) is 106 cm³/mol. The average Bonchev–Trinajstić information content (AvgIpc) is 3.07. The number of hydrogen-bond acceptors (Lipinski definition) is 8. The van der Waals surface area contributed by atoms with Crippen molar-refractivity contribution in [2.45, 2.75) is 72.8 Å². The van der Waals surface area contributed by atoms with Gasteiger partial charge < -0.3 is 30.7 Å². The summed E-state index contributed by atoms with van der Waals surface area (Å²) < 4.78 is 5.76. The second-order valence-corrected chi connectivity index (χ2v) is 9.86. The van der Waals surface area contributed by atoms with Crippen LogP contribution in [0.5, 0.6) is 0 Å². The van der Waals surface area contributed by atoms with E-state index in [0.29, 0.717) is 5.25 Å². The lowest BCUT2D eigenvalue weighted by molar-refractivity contribution is -0.205. The molecule has 0 aromatic carbocycles. The van der Waals surface area contributed by atoms with Gasteiger partial charge in [-0.3, -0.25) is 4.79 Å². The summed E-state index contributed by atoms with van der Waals surface area (Å²) in [5.41, 5.74) is -0.705. The lowest BCUT2D eigenvalue weighted by Crippen LogP contribution is -2.65. The molecule has 0 radical (unpaired) electrons. The Bertz CT molecular complexity index is 474. The van der Waals surface area contributed by atoms with Crippen LogP contribution in [0.15, 0.2) is 0 Å². The minimum atomic E-state index is -1.36. The molecule has 0 aromatic rings. The Kier molecular flexibility index (Phi) is 8.81. The Balaban J connectivity index is 2.05. The van der Waals surface area contributed by atoms with Crippen LogP contribution >= 0.6 is 35.1 Å². The van der Waals surface area contributed by atoms with Gasteiger partial charge in [0.2, 0.25) is 5.91 Å². The number of carbonyl (C=O) groups is 1. The number of aliphatic hydroxyl groups is 3. The van der Waals surface area contributed by atoms with E-state index in [-0.39, 0.29) is 11.9 Å². The number of ether oxygens (including phenoxy) is 1. The van der Waals surface area contributed by atoms with Gasteiger partial charge in [-0.25, -0.2) is 0 Å². The number of alkyl halides is 1. The molecule has 0 saturated carbocycles. The summed E-state index contributed by atoms with van der Waals surface area (Å²) in [5.74, 6) is 0.805. The van der Waals surface area contributed by atoms with Crippen LogP contribution in [0.4, 0.5) is 0 Å². The van der Waals surface area contributed by atoms with Gasteiger partial charge in [0.05, 0.1) is 17.5 Å². The third-order valence-electron chi connectivity index (χ3n) is 4.81. The highest BCUT2D eigenvalue weighted by molar-refractivity contribution is 7.99. The van der Waals surface area contributed by atoms with Crippen molar-refractivity contribution in [1.82, 2.24) is 10.6 Å². The fraction of sp³-hybridized carbons (Fsp3) is 0.938. The van der Waals surface area contributed by atoms with E-state index in [4.69, 9.17) is 16.3 Å². The van der Waals surface area contributed by atoms with Crippen molar-refractivity contribution in [1.29, 1.82) is 0 Å². The van der Waals surface area contributed by atoms with E-state index in [0.717, 1.165) is 18.7 Å². The van der Waals surface area contributed by atoms with Gasteiger partial charge in [-0.15, -0.1) is 23.4 Å². The number of carbonyl (C=O) groups excluding carboxylic acids is 1. The van der Waals surface area contributed by atoms with Crippen molar-refractivity contribution in [2.24, 2.45) is 0 Å². The minimum Gasteiger partial charge on any atom is -0.388 e. The molecule has 7 nitrogen and oxygen atoms in total. The SMILES string of the molecule is CCSC1CNC(C(=O)NC(C(C)Cl)C2OC(SC)C(O)C(O)C2O)C1. The van der Waals surface area contributed by atoms with Crippen LogP contribution in [-0.2, 0) is 9.53 Å². The first-order chi connectivity index (χ1) is 12.3. The van der Waals surface area contributed by atoms with E-state index in [1.54, 1.807) is 13.2 Å². The molecule has 152 valence electrons. The Morgan fingerprint density at radius 3 is 2.62 bits per heavy atom. The standard InChI is InChI=1S/C16H29ClN2O5S2/c1-4-26-8-5-9(18-6-8)15(23)19-10(7(2)17)14-12(21)11(20)13(22)16(24-14)25-3/h7-14,16,18,20-22H,4-6H2,1-3H3,(H,19,23). The quantitative estimate of drug-likeness (QED) is 0.353. The fourth-order valence-electron chi connectivity index (χ4n) is 3.35. The zero-order valence-electron chi connectivity index (χ0n) is 15.2. The van der Waals surface area contributed by atoms with Crippen LogP contribution in [0, 0.1) is 0 Å². The molecule has 0 spiro atoms. The molecule has 2 aliphatic rings. The van der Waals surface area contributed by atoms with Gasteiger partial charge in [0.15, 0.2) is 0 Å². The summed E-state index contributed by atoms with van der Waals surface area (Å²) in [6, 6.07) is -1.01. The number of halogens is 1. The van der Waals surface area contributed by atoms with Gasteiger partial charge in [-0.1, -0.05) is 6.92 Å². The minimum absolute atomic E-state index is 0.196. The van der Waals surface area contributed by atoms with E-state index in [2.05, 4.69) is 17.6 Å². The Labute approximate surface area is 168 Å². The zero-order valence-corrected chi connectivity index (χ0v) is 17.6. The molecule has 9 unspecified atom stereocenters. The van der Waals surface area contributed by atoms with Crippen molar-refractivity contribution in [3.8, 4) is 0 Å². The summed E-state index contributed by atoms with van der Waals surface area (Å²) >= 11 is 9.31. The molecule has 2 heterocycles. The topological polar surface area (TPSA) is 111 Å². The lowest BCUT2D eigenvalue weighted by atomic mass is 9.93. The van der Waals surface area contributed by atoms with Gasteiger partial charge in [0.25, 0.3) is 0 Å². The van der Waals surface area contributed by atoms with Crippen molar-refractivity contribution in [3.05, 3.63) is 0 Å². The van der Waals surface area contributed by atoms with Crippen LogP contribution < -0.4 is 10.6 Å². The number of amides is 1. The highest BCUT2D eigenvalue weighted by Gasteiger charge is 2.48. The first-order valence-corrected chi connectivity index (χ1v) is 11.6. The molecule has 1 amide bonds. The maximum absolute atomic E-state index is 12.7. The van der Waals surface area contributed by atoms with Crippen LogP contribution in [-0.4, -0.2) is 92.3 Å². The molecule has 5 N–H and O–H groups in total. The third-order valence-corrected chi connectivity index (χ3v) is 7.10. The zero-order chi connectivity index (χ0) is 19.4. The van der Waals surface area contributed by atoms with E-state index >= 15 is 0 Å². The van der Waals surface area contributed by atoms with Crippen LogP contribution in [0.3, 0.4) is 0 Å². The van der Waals surface area contributed by atoms with Gasteiger partial charge in [0.1, 0.15) is 29.9 Å². The summed E-state index contributed by atoms with van der Waals surface area (Å²) in [7, 11) is 0. The molecule has 26 heavy (non-hydrogen) atoms. The molecule has 0 bridgehead atoms. The molecule has 2 fully saturated rings. The highest BCUT2D eigenvalue weighted by Crippen LogP contribution is 2.30. The molecular weight excluding hydrogens is 400 g/mol. The van der Waals surface area contributed by atoms with Crippen molar-refractivity contribution >= 4 is 41.0 Å². The van der Waals surface area contributed by atoms with Crippen LogP contribution in [0.2, 0.25) is 0 Å².